The van der Waals surface area contributed by atoms with E-state index in [1.54, 1.807) is 14.2 Å². The fourth-order valence-corrected chi connectivity index (χ4v) is 3.60. The predicted molar refractivity (Wildman–Crippen MR) is 115 cm³/mol. The van der Waals surface area contributed by atoms with E-state index in [0.29, 0.717) is 6.04 Å². The van der Waals surface area contributed by atoms with Crippen LogP contribution in [0, 0.1) is 6.92 Å². The van der Waals surface area contributed by atoms with Gasteiger partial charge in [-0.15, -0.1) is 0 Å². The number of anilines is 1. The van der Waals surface area contributed by atoms with E-state index >= 15 is 0 Å². The molecule has 8 heteroatoms. The van der Waals surface area contributed by atoms with Crippen LogP contribution in [-0.4, -0.2) is 55.6 Å². The summed E-state index contributed by atoms with van der Waals surface area (Å²) in [6.07, 6.45) is 5.96. The molecule has 1 aliphatic rings. The van der Waals surface area contributed by atoms with Crippen LogP contribution in [0.3, 0.4) is 0 Å². The van der Waals surface area contributed by atoms with E-state index in [1.807, 2.05) is 29.1 Å². The van der Waals surface area contributed by atoms with Crippen LogP contribution in [0.5, 0.6) is 5.75 Å². The summed E-state index contributed by atoms with van der Waals surface area (Å²) >= 11 is 6.18. The summed E-state index contributed by atoms with van der Waals surface area (Å²) in [6, 6.07) is 6.06. The highest BCUT2D eigenvalue weighted by atomic mass is 35.5. The van der Waals surface area contributed by atoms with Crippen LogP contribution in [-0.2, 0) is 6.54 Å². The van der Waals surface area contributed by atoms with Crippen molar-refractivity contribution in [3.63, 3.8) is 0 Å². The van der Waals surface area contributed by atoms with Crippen molar-refractivity contribution in [2.24, 2.45) is 4.99 Å². The number of hydrogen-bond acceptors (Lipinski definition) is 4. The number of ether oxygens (including phenoxy) is 1. The van der Waals surface area contributed by atoms with Crippen molar-refractivity contribution in [1.82, 2.24) is 20.4 Å². The first-order valence-electron chi connectivity index (χ1n) is 9.63. The van der Waals surface area contributed by atoms with Crippen LogP contribution in [0.15, 0.2) is 35.6 Å². The van der Waals surface area contributed by atoms with Gasteiger partial charge in [0, 0.05) is 50.5 Å². The van der Waals surface area contributed by atoms with Gasteiger partial charge in [0.25, 0.3) is 0 Å². The maximum atomic E-state index is 6.18. The van der Waals surface area contributed by atoms with Gasteiger partial charge in [-0.2, -0.15) is 5.10 Å². The second-order valence-electron chi connectivity index (χ2n) is 7.03. The number of nitrogens with one attached hydrogen (secondary N) is 2. The monoisotopic (exact) mass is 404 g/mol. The number of methoxy groups -OCH3 is 1. The molecule has 1 saturated heterocycles. The number of aryl methyl sites for hydroxylation is 2. The van der Waals surface area contributed by atoms with Gasteiger partial charge in [0.15, 0.2) is 5.96 Å². The summed E-state index contributed by atoms with van der Waals surface area (Å²) in [5.74, 6) is 1.68. The Morgan fingerprint density at radius 1 is 1.43 bits per heavy atom. The second-order valence-corrected chi connectivity index (χ2v) is 7.46. The van der Waals surface area contributed by atoms with Crippen molar-refractivity contribution in [1.29, 1.82) is 0 Å². The number of nitrogens with zero attached hydrogens (tertiary/aromatic N) is 4. The maximum absolute atomic E-state index is 6.18. The molecule has 152 valence electrons. The molecule has 3 rings (SSSR count). The van der Waals surface area contributed by atoms with E-state index in [1.165, 1.54) is 5.56 Å². The minimum absolute atomic E-state index is 0.323. The van der Waals surface area contributed by atoms with Crippen LogP contribution < -0.4 is 20.3 Å². The molecule has 0 spiro atoms. The van der Waals surface area contributed by atoms with Crippen molar-refractivity contribution in [2.45, 2.75) is 32.4 Å². The summed E-state index contributed by atoms with van der Waals surface area (Å²) in [6.45, 7) is 5.62. The topological polar surface area (TPSA) is 66.7 Å². The van der Waals surface area contributed by atoms with Gasteiger partial charge in [0.2, 0.25) is 0 Å². The number of halogens is 1. The van der Waals surface area contributed by atoms with Crippen LogP contribution >= 0.6 is 11.6 Å². The molecule has 0 bridgehead atoms. The maximum Gasteiger partial charge on any atom is 0.191 e. The molecule has 2 heterocycles. The largest absolute Gasteiger partial charge is 0.495 e. The number of benzene rings is 1. The highest BCUT2D eigenvalue weighted by molar-refractivity contribution is 6.30. The second kappa shape index (κ2) is 9.68. The molecule has 0 radical (unpaired) electrons. The predicted octanol–water partition coefficient (Wildman–Crippen LogP) is 2.69. The van der Waals surface area contributed by atoms with E-state index in [-0.39, 0.29) is 0 Å². The van der Waals surface area contributed by atoms with Crippen molar-refractivity contribution in [3.8, 4) is 5.75 Å². The molecule has 1 aliphatic heterocycles. The summed E-state index contributed by atoms with van der Waals surface area (Å²) < 4.78 is 7.46. The molecule has 1 aromatic carbocycles. The van der Waals surface area contributed by atoms with E-state index in [9.17, 15) is 0 Å². The third kappa shape index (κ3) is 5.32. The lowest BCUT2D eigenvalue weighted by molar-refractivity contribution is 0.415. The number of guanidine groups is 1. The average molecular weight is 405 g/mol. The van der Waals surface area contributed by atoms with Gasteiger partial charge in [-0.05, 0) is 43.5 Å². The Balaban J connectivity index is 1.46. The van der Waals surface area contributed by atoms with Crippen molar-refractivity contribution in [3.05, 3.63) is 41.2 Å². The zero-order valence-corrected chi connectivity index (χ0v) is 17.5. The first-order valence-corrected chi connectivity index (χ1v) is 10.0. The molecular formula is C20H29ClN6O. The molecule has 0 amide bonds. The van der Waals surface area contributed by atoms with E-state index in [0.717, 1.165) is 61.4 Å². The zero-order valence-electron chi connectivity index (χ0n) is 16.8. The SMILES string of the molecule is CN=C(NCCCn1cc(C)cn1)NC1CCN(c2cc(Cl)ccc2OC)C1. The lowest BCUT2D eigenvalue weighted by Crippen LogP contribution is -2.45. The summed E-state index contributed by atoms with van der Waals surface area (Å²) in [4.78, 5) is 6.65. The van der Waals surface area contributed by atoms with Gasteiger partial charge in [0.1, 0.15) is 5.75 Å². The smallest absolute Gasteiger partial charge is 0.191 e. The highest BCUT2D eigenvalue weighted by Gasteiger charge is 2.25. The van der Waals surface area contributed by atoms with Gasteiger partial charge < -0.3 is 20.3 Å². The average Bonchev–Trinajstić information content (AvgIpc) is 3.33. The lowest BCUT2D eigenvalue weighted by atomic mass is 10.2. The Bertz CT molecular complexity index is 806. The van der Waals surface area contributed by atoms with Crippen LogP contribution in [0.25, 0.3) is 0 Å². The minimum atomic E-state index is 0.323. The molecule has 28 heavy (non-hydrogen) atoms. The minimum Gasteiger partial charge on any atom is -0.495 e. The first-order chi connectivity index (χ1) is 13.6. The van der Waals surface area contributed by atoms with E-state index in [4.69, 9.17) is 16.3 Å². The van der Waals surface area contributed by atoms with Crippen LogP contribution in [0.1, 0.15) is 18.4 Å². The summed E-state index contributed by atoms with van der Waals surface area (Å²) in [5, 5.41) is 11.9. The number of rotatable bonds is 7. The number of aliphatic imine (C=N–C) groups is 1. The quantitative estimate of drug-likeness (QED) is 0.422. The Hall–Kier alpha value is -2.41. The third-order valence-corrected chi connectivity index (χ3v) is 5.09. The molecular weight excluding hydrogens is 376 g/mol. The van der Waals surface area contributed by atoms with Crippen molar-refractivity contribution >= 4 is 23.2 Å². The highest BCUT2D eigenvalue weighted by Crippen LogP contribution is 2.33. The molecule has 7 nitrogen and oxygen atoms in total. The molecule has 2 aromatic rings. The van der Waals surface area contributed by atoms with Crippen molar-refractivity contribution in [2.75, 3.05) is 38.7 Å². The molecule has 1 aromatic heterocycles. The fraction of sp³-hybridized carbons (Fsp3) is 0.500. The first kappa shape index (κ1) is 20.3. The van der Waals surface area contributed by atoms with Gasteiger partial charge in [-0.25, -0.2) is 0 Å². The van der Waals surface area contributed by atoms with E-state index < -0.39 is 0 Å². The third-order valence-electron chi connectivity index (χ3n) is 4.85. The normalized spacial score (nSPS) is 17.1. The molecule has 0 aliphatic carbocycles. The van der Waals surface area contributed by atoms with Crippen LogP contribution in [0.4, 0.5) is 5.69 Å². The summed E-state index contributed by atoms with van der Waals surface area (Å²) in [5.41, 5.74) is 2.23. The Morgan fingerprint density at radius 3 is 3.00 bits per heavy atom. The van der Waals surface area contributed by atoms with E-state index in [2.05, 4.69) is 38.7 Å². The molecule has 0 saturated carbocycles. The molecule has 2 N–H and O–H groups in total. The lowest BCUT2D eigenvalue weighted by Gasteiger charge is -2.22. The van der Waals surface area contributed by atoms with Gasteiger partial charge in [-0.1, -0.05) is 11.6 Å². The van der Waals surface area contributed by atoms with Gasteiger partial charge in [0.05, 0.1) is 19.0 Å². The summed E-state index contributed by atoms with van der Waals surface area (Å²) in [7, 11) is 3.49. The number of aromatic nitrogens is 2. The van der Waals surface area contributed by atoms with Crippen molar-refractivity contribution < 1.29 is 4.74 Å². The molecule has 1 atom stereocenters. The Kier molecular flexibility index (Phi) is 7.03. The fourth-order valence-electron chi connectivity index (χ4n) is 3.43. The number of hydrogen-bond donors (Lipinski definition) is 2. The Labute approximate surface area is 171 Å². The standard InChI is InChI=1S/C20H29ClN6O/c1-15-12-24-27(13-15)9-4-8-23-20(22-2)25-17-7-10-26(14-17)18-11-16(21)5-6-19(18)28-3/h5-6,11-13,17H,4,7-10,14H2,1-3H3,(H2,22,23,25). The zero-order chi connectivity index (χ0) is 19.9. The molecule has 1 fully saturated rings. The van der Waals surface area contributed by atoms with Gasteiger partial charge in [-0.3, -0.25) is 9.67 Å². The van der Waals surface area contributed by atoms with Crippen LogP contribution in [0.2, 0.25) is 5.02 Å². The van der Waals surface area contributed by atoms with Gasteiger partial charge >= 0.3 is 0 Å². The molecule has 1 unspecified atom stereocenters. The Morgan fingerprint density at radius 2 is 2.29 bits per heavy atom.